The molecule has 1 aromatic carbocycles. The summed E-state index contributed by atoms with van der Waals surface area (Å²) in [5, 5.41) is 8.73. The fourth-order valence-electron chi connectivity index (χ4n) is 1.78. The first-order valence-corrected chi connectivity index (χ1v) is 6.90. The zero-order valence-electron chi connectivity index (χ0n) is 11.3. The maximum Gasteiger partial charge on any atom is 0.278 e. The molecule has 0 bridgehead atoms. The third kappa shape index (κ3) is 3.05. The van der Waals surface area contributed by atoms with Gasteiger partial charge in [-0.25, -0.2) is 8.78 Å². The molecule has 112 valence electrons. The maximum atomic E-state index is 13.7. The second-order valence-corrected chi connectivity index (χ2v) is 5.61. The van der Waals surface area contributed by atoms with E-state index in [-0.39, 0.29) is 27.5 Å². The van der Waals surface area contributed by atoms with Crippen molar-refractivity contribution < 1.29 is 13.6 Å². The van der Waals surface area contributed by atoms with Gasteiger partial charge in [0.25, 0.3) is 5.91 Å². The van der Waals surface area contributed by atoms with Gasteiger partial charge in [-0.15, -0.1) is 0 Å². The van der Waals surface area contributed by atoms with Crippen LogP contribution in [0.1, 0.15) is 35.9 Å². The highest BCUT2D eigenvalue weighted by molar-refractivity contribution is 9.10. The number of benzene rings is 1. The number of nitrogens with two attached hydrogens (primary N) is 1. The number of anilines is 2. The first-order valence-electron chi connectivity index (χ1n) is 6.11. The van der Waals surface area contributed by atoms with Crippen LogP contribution in [-0.2, 0) is 0 Å². The standard InChI is InChI=1S/C13H13BrF2N4O/c1-5(2)11-10(17)12(20-19-11)13(21)18-9-4-7(15)6(14)3-8(9)16/h3-5H,17H2,1-2H3,(H,18,21)(H,19,20). The van der Waals surface area contributed by atoms with E-state index in [1.54, 1.807) is 0 Å². The number of aromatic amines is 1. The summed E-state index contributed by atoms with van der Waals surface area (Å²) < 4.78 is 27.0. The molecule has 0 aliphatic carbocycles. The second kappa shape index (κ2) is 5.80. The van der Waals surface area contributed by atoms with E-state index >= 15 is 0 Å². The number of aromatic nitrogens is 2. The van der Waals surface area contributed by atoms with Crippen molar-refractivity contribution in [3.63, 3.8) is 0 Å². The van der Waals surface area contributed by atoms with Gasteiger partial charge in [-0.3, -0.25) is 9.89 Å². The molecule has 0 unspecified atom stereocenters. The van der Waals surface area contributed by atoms with Gasteiger partial charge in [0, 0.05) is 6.07 Å². The van der Waals surface area contributed by atoms with Crippen molar-refractivity contribution in [3.8, 4) is 0 Å². The molecule has 5 nitrogen and oxygen atoms in total. The molecule has 0 radical (unpaired) electrons. The molecule has 8 heteroatoms. The van der Waals surface area contributed by atoms with E-state index in [1.807, 2.05) is 13.8 Å². The number of halogens is 3. The van der Waals surface area contributed by atoms with Crippen LogP contribution >= 0.6 is 15.9 Å². The Morgan fingerprint density at radius 1 is 1.38 bits per heavy atom. The fraction of sp³-hybridized carbons (Fsp3) is 0.231. The Bertz CT molecular complexity index is 700. The predicted molar refractivity (Wildman–Crippen MR) is 79.1 cm³/mol. The summed E-state index contributed by atoms with van der Waals surface area (Å²) in [6.45, 7) is 3.77. The lowest BCUT2D eigenvalue weighted by Gasteiger charge is -2.07. The van der Waals surface area contributed by atoms with E-state index in [0.717, 1.165) is 12.1 Å². The number of rotatable bonds is 3. The first-order chi connectivity index (χ1) is 9.81. The minimum absolute atomic E-state index is 0.0284. The smallest absolute Gasteiger partial charge is 0.278 e. The molecule has 1 amide bonds. The molecular formula is C13H13BrF2N4O. The molecule has 0 aliphatic heterocycles. The van der Waals surface area contributed by atoms with Crippen molar-refractivity contribution in [1.82, 2.24) is 10.2 Å². The third-order valence-electron chi connectivity index (χ3n) is 2.88. The molecule has 2 rings (SSSR count). The Morgan fingerprint density at radius 3 is 2.62 bits per heavy atom. The minimum Gasteiger partial charge on any atom is -0.395 e. The Balaban J connectivity index is 2.29. The number of nitrogens with one attached hydrogen (secondary N) is 2. The Labute approximate surface area is 128 Å². The fourth-order valence-corrected chi connectivity index (χ4v) is 2.09. The molecule has 0 fully saturated rings. The summed E-state index contributed by atoms with van der Waals surface area (Å²) in [7, 11) is 0. The molecule has 2 aromatic rings. The molecule has 0 atom stereocenters. The third-order valence-corrected chi connectivity index (χ3v) is 3.49. The van der Waals surface area contributed by atoms with Crippen LogP contribution in [0.5, 0.6) is 0 Å². The van der Waals surface area contributed by atoms with Gasteiger partial charge in [0.1, 0.15) is 11.6 Å². The van der Waals surface area contributed by atoms with Crippen LogP contribution in [0.2, 0.25) is 0 Å². The Morgan fingerprint density at radius 2 is 2.05 bits per heavy atom. The predicted octanol–water partition coefficient (Wildman–Crippen LogP) is 3.41. The molecule has 0 saturated heterocycles. The normalized spacial score (nSPS) is 11.0. The van der Waals surface area contributed by atoms with Gasteiger partial charge in [0.05, 0.1) is 21.5 Å². The van der Waals surface area contributed by atoms with Crippen LogP contribution in [0, 0.1) is 11.6 Å². The first kappa shape index (κ1) is 15.4. The summed E-state index contributed by atoms with van der Waals surface area (Å²) in [4.78, 5) is 12.0. The summed E-state index contributed by atoms with van der Waals surface area (Å²) in [6, 6.07) is 1.81. The van der Waals surface area contributed by atoms with Crippen molar-refractivity contribution in [3.05, 3.63) is 39.6 Å². The zero-order chi connectivity index (χ0) is 15.7. The maximum absolute atomic E-state index is 13.7. The van der Waals surface area contributed by atoms with Crippen LogP contribution in [0.4, 0.5) is 20.2 Å². The number of nitrogens with zero attached hydrogens (tertiary/aromatic N) is 1. The highest BCUT2D eigenvalue weighted by atomic mass is 79.9. The monoisotopic (exact) mass is 358 g/mol. The minimum atomic E-state index is -0.769. The van der Waals surface area contributed by atoms with Gasteiger partial charge in [-0.05, 0) is 27.9 Å². The summed E-state index contributed by atoms with van der Waals surface area (Å²) in [6.07, 6.45) is 0. The molecule has 21 heavy (non-hydrogen) atoms. The number of amides is 1. The van der Waals surface area contributed by atoms with Gasteiger partial charge >= 0.3 is 0 Å². The van der Waals surface area contributed by atoms with Gasteiger partial charge in [0.15, 0.2) is 5.69 Å². The number of hydrogen-bond donors (Lipinski definition) is 3. The Kier molecular flexibility index (Phi) is 4.26. The van der Waals surface area contributed by atoms with Crippen LogP contribution in [0.15, 0.2) is 16.6 Å². The Hall–Kier alpha value is -1.96. The van der Waals surface area contributed by atoms with Crippen LogP contribution in [-0.4, -0.2) is 16.1 Å². The zero-order valence-corrected chi connectivity index (χ0v) is 12.9. The second-order valence-electron chi connectivity index (χ2n) is 4.75. The van der Waals surface area contributed by atoms with E-state index < -0.39 is 17.5 Å². The van der Waals surface area contributed by atoms with E-state index in [0.29, 0.717) is 5.69 Å². The molecular weight excluding hydrogens is 346 g/mol. The SMILES string of the molecule is CC(C)c1[nH]nc(C(=O)Nc2cc(F)c(Br)cc2F)c1N. The highest BCUT2D eigenvalue weighted by Crippen LogP contribution is 2.26. The molecule has 0 aliphatic rings. The van der Waals surface area contributed by atoms with Crippen molar-refractivity contribution in [2.75, 3.05) is 11.1 Å². The van der Waals surface area contributed by atoms with Gasteiger partial charge < -0.3 is 11.1 Å². The van der Waals surface area contributed by atoms with Crippen LogP contribution < -0.4 is 11.1 Å². The number of carbonyl (C=O) groups excluding carboxylic acids is 1. The molecule has 0 spiro atoms. The quantitative estimate of drug-likeness (QED) is 0.735. The van der Waals surface area contributed by atoms with E-state index in [2.05, 4.69) is 31.4 Å². The average Bonchev–Trinajstić information content (AvgIpc) is 2.78. The van der Waals surface area contributed by atoms with Crippen molar-refractivity contribution in [2.24, 2.45) is 0 Å². The summed E-state index contributed by atoms with van der Waals surface area (Å²) >= 11 is 2.86. The lowest BCUT2D eigenvalue weighted by Crippen LogP contribution is -2.15. The molecule has 4 N–H and O–H groups in total. The van der Waals surface area contributed by atoms with E-state index in [1.165, 1.54) is 0 Å². The molecule has 1 heterocycles. The van der Waals surface area contributed by atoms with Gasteiger partial charge in [0.2, 0.25) is 0 Å². The summed E-state index contributed by atoms with van der Waals surface area (Å²) in [5.74, 6) is -2.11. The van der Waals surface area contributed by atoms with E-state index in [9.17, 15) is 13.6 Å². The number of carbonyl (C=O) groups is 1. The van der Waals surface area contributed by atoms with E-state index in [4.69, 9.17) is 5.73 Å². The number of hydrogen-bond acceptors (Lipinski definition) is 3. The largest absolute Gasteiger partial charge is 0.395 e. The lowest BCUT2D eigenvalue weighted by molar-refractivity contribution is 0.102. The number of nitrogen functional groups attached to an aromatic ring is 1. The van der Waals surface area contributed by atoms with Crippen molar-refractivity contribution in [1.29, 1.82) is 0 Å². The molecule has 0 saturated carbocycles. The lowest BCUT2D eigenvalue weighted by atomic mass is 10.1. The van der Waals surface area contributed by atoms with Gasteiger partial charge in [-0.1, -0.05) is 13.8 Å². The van der Waals surface area contributed by atoms with Crippen LogP contribution in [0.3, 0.4) is 0 Å². The summed E-state index contributed by atoms with van der Waals surface area (Å²) in [5.41, 5.74) is 6.29. The van der Waals surface area contributed by atoms with Crippen LogP contribution in [0.25, 0.3) is 0 Å². The average molecular weight is 359 g/mol. The topological polar surface area (TPSA) is 83.8 Å². The molecule has 1 aromatic heterocycles. The van der Waals surface area contributed by atoms with Crippen molar-refractivity contribution in [2.45, 2.75) is 19.8 Å². The van der Waals surface area contributed by atoms with Gasteiger partial charge in [-0.2, -0.15) is 5.10 Å². The highest BCUT2D eigenvalue weighted by Gasteiger charge is 2.20. The van der Waals surface area contributed by atoms with Crippen molar-refractivity contribution >= 4 is 33.2 Å². The number of H-pyrrole nitrogens is 1.